The highest BCUT2D eigenvalue weighted by Gasteiger charge is 2.26. The lowest BCUT2D eigenvalue weighted by atomic mass is 9.94. The van der Waals surface area contributed by atoms with Crippen molar-refractivity contribution in [1.82, 2.24) is 9.88 Å². The predicted molar refractivity (Wildman–Crippen MR) is 76.0 cm³/mol. The van der Waals surface area contributed by atoms with Gasteiger partial charge in [0.2, 0.25) is 0 Å². The molecule has 0 aliphatic heterocycles. The number of aliphatic carboxylic acids is 1. The van der Waals surface area contributed by atoms with Crippen LogP contribution in [0.4, 0.5) is 0 Å². The maximum atomic E-state index is 11.0. The van der Waals surface area contributed by atoms with Gasteiger partial charge >= 0.3 is 5.97 Å². The summed E-state index contributed by atoms with van der Waals surface area (Å²) in [4.78, 5) is 11.0. The van der Waals surface area contributed by atoms with Gasteiger partial charge in [-0.25, -0.2) is 0 Å². The molecule has 0 radical (unpaired) electrons. The molecule has 0 atom stereocenters. The third kappa shape index (κ3) is 2.79. The summed E-state index contributed by atoms with van der Waals surface area (Å²) < 4.78 is 2.09. The van der Waals surface area contributed by atoms with E-state index in [0.29, 0.717) is 13.1 Å². The Morgan fingerprint density at radius 1 is 1.37 bits per heavy atom. The molecule has 0 aliphatic carbocycles. The first kappa shape index (κ1) is 13.6. The number of nitrogens with one attached hydrogen (secondary N) is 1. The van der Waals surface area contributed by atoms with E-state index in [0.717, 1.165) is 0 Å². The van der Waals surface area contributed by atoms with E-state index < -0.39 is 11.4 Å². The summed E-state index contributed by atoms with van der Waals surface area (Å²) in [6.07, 6.45) is 2.09. The second kappa shape index (κ2) is 5.05. The highest BCUT2D eigenvalue weighted by Crippen LogP contribution is 2.20. The number of benzene rings is 1. The predicted octanol–water partition coefficient (Wildman–Crippen LogP) is 2.38. The molecule has 0 saturated heterocycles. The number of rotatable bonds is 5. The third-order valence-electron chi connectivity index (χ3n) is 3.44. The van der Waals surface area contributed by atoms with Crippen LogP contribution in [0, 0.1) is 5.41 Å². The van der Waals surface area contributed by atoms with Crippen LogP contribution in [0.2, 0.25) is 0 Å². The van der Waals surface area contributed by atoms with E-state index in [1.165, 1.54) is 16.5 Å². The number of carboxylic acids is 1. The zero-order chi connectivity index (χ0) is 14.0. The van der Waals surface area contributed by atoms with Gasteiger partial charge in [0.1, 0.15) is 0 Å². The maximum Gasteiger partial charge on any atom is 0.310 e. The van der Waals surface area contributed by atoms with Crippen molar-refractivity contribution < 1.29 is 9.90 Å². The lowest BCUT2D eigenvalue weighted by Gasteiger charge is -2.19. The number of carboxylic acid groups (broad SMARTS) is 1. The molecule has 1 aromatic carbocycles. The minimum atomic E-state index is -0.780. The number of nitrogens with zero attached hydrogens (tertiary/aromatic N) is 1. The van der Waals surface area contributed by atoms with Crippen molar-refractivity contribution in [2.45, 2.75) is 20.4 Å². The van der Waals surface area contributed by atoms with E-state index in [-0.39, 0.29) is 0 Å². The van der Waals surface area contributed by atoms with Gasteiger partial charge in [0, 0.05) is 37.2 Å². The van der Waals surface area contributed by atoms with Gasteiger partial charge in [0.25, 0.3) is 0 Å². The minimum Gasteiger partial charge on any atom is -0.481 e. The van der Waals surface area contributed by atoms with Crippen molar-refractivity contribution in [3.8, 4) is 0 Å². The Balaban J connectivity index is 2.09. The average molecular weight is 260 g/mol. The standard InChI is InChI=1S/C15H20N2O2/c1-15(2,14(18)19)10-16-8-11-9-17(3)13-7-5-4-6-12(11)13/h4-7,9,16H,8,10H2,1-3H3,(H,18,19). The number of carbonyl (C=O) groups is 1. The molecule has 1 heterocycles. The third-order valence-corrected chi connectivity index (χ3v) is 3.44. The first-order chi connectivity index (χ1) is 8.92. The number of hydrogen-bond donors (Lipinski definition) is 2. The van der Waals surface area contributed by atoms with Crippen LogP contribution in [0.1, 0.15) is 19.4 Å². The Hall–Kier alpha value is -1.81. The van der Waals surface area contributed by atoms with E-state index >= 15 is 0 Å². The zero-order valence-corrected chi connectivity index (χ0v) is 11.6. The number of hydrogen-bond acceptors (Lipinski definition) is 2. The van der Waals surface area contributed by atoms with Gasteiger partial charge < -0.3 is 15.0 Å². The van der Waals surface area contributed by atoms with Gasteiger partial charge in [-0.3, -0.25) is 4.79 Å². The topological polar surface area (TPSA) is 54.3 Å². The summed E-state index contributed by atoms with van der Waals surface area (Å²) in [7, 11) is 2.02. The molecule has 0 unspecified atom stereocenters. The van der Waals surface area contributed by atoms with Crippen LogP contribution in [0.3, 0.4) is 0 Å². The maximum absolute atomic E-state index is 11.0. The fourth-order valence-corrected chi connectivity index (χ4v) is 2.15. The fraction of sp³-hybridized carbons (Fsp3) is 0.400. The molecule has 2 N–H and O–H groups in total. The molecule has 0 saturated carbocycles. The summed E-state index contributed by atoms with van der Waals surface area (Å²) in [6, 6.07) is 8.22. The van der Waals surface area contributed by atoms with Crippen molar-refractivity contribution in [3.63, 3.8) is 0 Å². The van der Waals surface area contributed by atoms with Crippen molar-refractivity contribution in [1.29, 1.82) is 0 Å². The van der Waals surface area contributed by atoms with E-state index in [2.05, 4.69) is 28.2 Å². The molecule has 4 nitrogen and oxygen atoms in total. The second-order valence-electron chi connectivity index (χ2n) is 5.57. The molecule has 0 amide bonds. The Kier molecular flexibility index (Phi) is 3.62. The SMILES string of the molecule is Cn1cc(CNCC(C)(C)C(=O)O)c2ccccc21. The summed E-state index contributed by atoms with van der Waals surface area (Å²) >= 11 is 0. The van der Waals surface area contributed by atoms with Crippen molar-refractivity contribution >= 4 is 16.9 Å². The van der Waals surface area contributed by atoms with Crippen LogP contribution >= 0.6 is 0 Å². The number of aromatic nitrogens is 1. The van der Waals surface area contributed by atoms with E-state index in [9.17, 15) is 4.79 Å². The second-order valence-corrected chi connectivity index (χ2v) is 5.57. The average Bonchev–Trinajstić information content (AvgIpc) is 2.67. The van der Waals surface area contributed by atoms with Crippen LogP contribution in [0.5, 0.6) is 0 Å². The van der Waals surface area contributed by atoms with Gasteiger partial charge in [0.05, 0.1) is 5.41 Å². The summed E-state index contributed by atoms with van der Waals surface area (Å²) in [5.41, 5.74) is 1.64. The minimum absolute atomic E-state index is 0.450. The molecule has 1 aromatic heterocycles. The molecule has 0 bridgehead atoms. The normalized spacial score (nSPS) is 11.9. The quantitative estimate of drug-likeness (QED) is 0.868. The molecule has 2 rings (SSSR count). The van der Waals surface area contributed by atoms with Gasteiger partial charge in [-0.15, -0.1) is 0 Å². The van der Waals surface area contributed by atoms with Gasteiger partial charge in [-0.2, -0.15) is 0 Å². The highest BCUT2D eigenvalue weighted by atomic mass is 16.4. The van der Waals surface area contributed by atoms with E-state index in [1.54, 1.807) is 13.8 Å². The van der Waals surface area contributed by atoms with E-state index in [1.807, 2.05) is 19.2 Å². The first-order valence-corrected chi connectivity index (χ1v) is 6.39. The van der Waals surface area contributed by atoms with Gasteiger partial charge in [-0.05, 0) is 25.5 Å². The number of aryl methyl sites for hydroxylation is 1. The molecule has 2 aromatic rings. The van der Waals surface area contributed by atoms with Crippen LogP contribution < -0.4 is 5.32 Å². The number of para-hydroxylation sites is 1. The molecular formula is C15H20N2O2. The molecule has 0 aliphatic rings. The van der Waals surface area contributed by atoms with Crippen molar-refractivity contribution in [3.05, 3.63) is 36.0 Å². The lowest BCUT2D eigenvalue weighted by molar-refractivity contribution is -0.146. The fourth-order valence-electron chi connectivity index (χ4n) is 2.15. The largest absolute Gasteiger partial charge is 0.481 e. The first-order valence-electron chi connectivity index (χ1n) is 6.39. The Bertz CT molecular complexity index is 599. The molecule has 0 fully saturated rings. The summed E-state index contributed by atoms with van der Waals surface area (Å²) in [5.74, 6) is -0.780. The van der Waals surface area contributed by atoms with Crippen LogP contribution in [-0.4, -0.2) is 22.2 Å². The zero-order valence-electron chi connectivity index (χ0n) is 11.6. The van der Waals surface area contributed by atoms with Crippen molar-refractivity contribution in [2.24, 2.45) is 12.5 Å². The Labute approximate surface area is 113 Å². The van der Waals surface area contributed by atoms with Crippen LogP contribution in [0.25, 0.3) is 10.9 Å². The molecule has 0 spiro atoms. The van der Waals surface area contributed by atoms with Crippen LogP contribution in [0.15, 0.2) is 30.5 Å². The lowest BCUT2D eigenvalue weighted by Crippen LogP contribution is -2.35. The monoisotopic (exact) mass is 260 g/mol. The summed E-state index contributed by atoms with van der Waals surface area (Å²) in [6.45, 7) is 4.58. The van der Waals surface area contributed by atoms with E-state index in [4.69, 9.17) is 5.11 Å². The Morgan fingerprint density at radius 3 is 2.74 bits per heavy atom. The Morgan fingerprint density at radius 2 is 2.05 bits per heavy atom. The smallest absolute Gasteiger partial charge is 0.310 e. The molecule has 19 heavy (non-hydrogen) atoms. The van der Waals surface area contributed by atoms with Gasteiger partial charge in [-0.1, -0.05) is 18.2 Å². The highest BCUT2D eigenvalue weighted by molar-refractivity contribution is 5.83. The van der Waals surface area contributed by atoms with Gasteiger partial charge in [0.15, 0.2) is 0 Å². The number of fused-ring (bicyclic) bond motifs is 1. The molecule has 102 valence electrons. The summed E-state index contributed by atoms with van der Waals surface area (Å²) in [5, 5.41) is 13.5. The van der Waals surface area contributed by atoms with Crippen LogP contribution in [-0.2, 0) is 18.4 Å². The molecule has 4 heteroatoms. The van der Waals surface area contributed by atoms with Crippen molar-refractivity contribution in [2.75, 3.05) is 6.54 Å². The molecular weight excluding hydrogens is 240 g/mol.